The summed E-state index contributed by atoms with van der Waals surface area (Å²) in [6.07, 6.45) is 1.84. The molecule has 0 aromatic heterocycles. The monoisotopic (exact) mass is 298 g/mol. The van der Waals surface area contributed by atoms with Crippen LogP contribution < -0.4 is 9.62 Å². The number of rotatable bonds is 6. The fourth-order valence-electron chi connectivity index (χ4n) is 1.88. The first-order valence-electron chi connectivity index (χ1n) is 6.11. The van der Waals surface area contributed by atoms with Crippen molar-refractivity contribution in [2.75, 3.05) is 17.2 Å². The number of halogens is 1. The van der Waals surface area contributed by atoms with Gasteiger partial charge < -0.3 is 4.90 Å². The van der Waals surface area contributed by atoms with Crippen molar-refractivity contribution in [3.63, 3.8) is 0 Å². The van der Waals surface area contributed by atoms with E-state index >= 15 is 0 Å². The molecule has 0 saturated carbocycles. The lowest BCUT2D eigenvalue weighted by Crippen LogP contribution is -2.64. The van der Waals surface area contributed by atoms with Gasteiger partial charge in [-0.1, -0.05) is 6.08 Å². The molecule has 1 fully saturated rings. The Balaban J connectivity index is 1.95. The highest BCUT2D eigenvalue weighted by Crippen LogP contribution is 2.22. The number of sulfonamides is 1. The van der Waals surface area contributed by atoms with Crippen molar-refractivity contribution < 1.29 is 17.6 Å². The smallest absolute Gasteiger partial charge is 0.247 e. The first-order chi connectivity index (χ1) is 9.43. The average molecular weight is 298 g/mol. The van der Waals surface area contributed by atoms with Gasteiger partial charge in [-0.3, -0.25) is 4.79 Å². The van der Waals surface area contributed by atoms with E-state index in [0.29, 0.717) is 12.1 Å². The quantitative estimate of drug-likeness (QED) is 0.630. The van der Waals surface area contributed by atoms with Crippen LogP contribution in [0.25, 0.3) is 0 Å². The standard InChI is InChI=1S/C13H15FN2O3S/c1-2-3-8-20(18,19)15-12-9-16(13(12)17)11-6-4-10(14)5-7-11/h2,4-7,12,15H,1,3,8-9H2/t12-/m1/s1. The topological polar surface area (TPSA) is 66.5 Å². The van der Waals surface area contributed by atoms with E-state index in [4.69, 9.17) is 0 Å². The van der Waals surface area contributed by atoms with Gasteiger partial charge in [-0.05, 0) is 30.7 Å². The number of carbonyl (C=O) groups is 1. The van der Waals surface area contributed by atoms with Crippen molar-refractivity contribution in [3.05, 3.63) is 42.7 Å². The normalized spacial score (nSPS) is 18.8. The second-order valence-corrected chi connectivity index (χ2v) is 6.37. The van der Waals surface area contributed by atoms with Gasteiger partial charge in [0.2, 0.25) is 15.9 Å². The lowest BCUT2D eigenvalue weighted by molar-refractivity contribution is -0.124. The zero-order valence-corrected chi connectivity index (χ0v) is 11.6. The van der Waals surface area contributed by atoms with Crippen molar-refractivity contribution in [1.29, 1.82) is 0 Å². The number of anilines is 1. The maximum atomic E-state index is 12.8. The third-order valence-electron chi connectivity index (χ3n) is 2.98. The van der Waals surface area contributed by atoms with Gasteiger partial charge in [0.15, 0.2) is 0 Å². The molecule has 0 spiro atoms. The van der Waals surface area contributed by atoms with Crippen LogP contribution in [-0.4, -0.2) is 32.7 Å². The van der Waals surface area contributed by atoms with E-state index in [-0.39, 0.29) is 24.0 Å². The molecule has 0 unspecified atom stereocenters. The lowest BCUT2D eigenvalue weighted by Gasteiger charge is -2.38. The van der Waals surface area contributed by atoms with E-state index in [1.54, 1.807) is 0 Å². The van der Waals surface area contributed by atoms with Crippen LogP contribution in [0.15, 0.2) is 36.9 Å². The number of carbonyl (C=O) groups excluding carboxylic acids is 1. The predicted molar refractivity (Wildman–Crippen MR) is 74.3 cm³/mol. The van der Waals surface area contributed by atoms with Gasteiger partial charge in [-0.2, -0.15) is 0 Å². The summed E-state index contributed by atoms with van der Waals surface area (Å²) in [5, 5.41) is 0. The van der Waals surface area contributed by atoms with Crippen molar-refractivity contribution in [1.82, 2.24) is 4.72 Å². The summed E-state index contributed by atoms with van der Waals surface area (Å²) in [6, 6.07) is 4.73. The summed E-state index contributed by atoms with van der Waals surface area (Å²) in [7, 11) is -3.48. The van der Waals surface area contributed by atoms with Crippen LogP contribution >= 0.6 is 0 Å². The summed E-state index contributed by atoms with van der Waals surface area (Å²) in [4.78, 5) is 13.3. The Bertz CT molecular complexity index is 613. The van der Waals surface area contributed by atoms with Gasteiger partial charge in [-0.25, -0.2) is 17.5 Å². The minimum Gasteiger partial charge on any atom is -0.309 e. The third-order valence-corrected chi connectivity index (χ3v) is 4.40. The molecule has 108 valence electrons. The minimum absolute atomic E-state index is 0.0865. The Morgan fingerprint density at radius 3 is 2.60 bits per heavy atom. The van der Waals surface area contributed by atoms with Crippen LogP contribution in [0, 0.1) is 5.82 Å². The molecule has 1 amide bonds. The number of hydrogen-bond donors (Lipinski definition) is 1. The van der Waals surface area contributed by atoms with E-state index in [2.05, 4.69) is 11.3 Å². The Kier molecular flexibility index (Phi) is 4.20. The fraction of sp³-hybridized carbons (Fsp3) is 0.308. The number of hydrogen-bond acceptors (Lipinski definition) is 3. The third kappa shape index (κ3) is 3.23. The second kappa shape index (κ2) is 5.72. The highest BCUT2D eigenvalue weighted by atomic mass is 32.2. The van der Waals surface area contributed by atoms with Crippen molar-refractivity contribution >= 4 is 21.6 Å². The van der Waals surface area contributed by atoms with Crippen LogP contribution in [-0.2, 0) is 14.8 Å². The number of nitrogens with one attached hydrogen (secondary N) is 1. The van der Waals surface area contributed by atoms with Gasteiger partial charge in [0.05, 0.1) is 12.3 Å². The fourth-order valence-corrected chi connectivity index (χ4v) is 3.09. The van der Waals surface area contributed by atoms with Gasteiger partial charge in [0.1, 0.15) is 11.9 Å². The molecular formula is C13H15FN2O3S. The molecule has 1 saturated heterocycles. The van der Waals surface area contributed by atoms with E-state index in [9.17, 15) is 17.6 Å². The van der Waals surface area contributed by atoms with Gasteiger partial charge in [-0.15, -0.1) is 6.58 Å². The van der Waals surface area contributed by atoms with E-state index in [1.807, 2.05) is 0 Å². The van der Waals surface area contributed by atoms with E-state index in [0.717, 1.165) is 0 Å². The van der Waals surface area contributed by atoms with Crippen LogP contribution in [0.4, 0.5) is 10.1 Å². The van der Waals surface area contributed by atoms with Crippen molar-refractivity contribution in [2.45, 2.75) is 12.5 Å². The van der Waals surface area contributed by atoms with Crippen molar-refractivity contribution in [3.8, 4) is 0 Å². The average Bonchev–Trinajstić information content (AvgIpc) is 2.42. The Hall–Kier alpha value is -1.73. The first kappa shape index (κ1) is 14.7. The number of nitrogens with zero attached hydrogens (tertiary/aromatic N) is 1. The zero-order valence-electron chi connectivity index (χ0n) is 10.8. The van der Waals surface area contributed by atoms with Crippen LogP contribution in [0.5, 0.6) is 0 Å². The highest BCUT2D eigenvalue weighted by molar-refractivity contribution is 7.89. The largest absolute Gasteiger partial charge is 0.309 e. The van der Waals surface area contributed by atoms with Gasteiger partial charge in [0, 0.05) is 5.69 Å². The van der Waals surface area contributed by atoms with E-state index < -0.39 is 16.1 Å². The molecule has 1 aromatic carbocycles. The Morgan fingerprint density at radius 1 is 1.40 bits per heavy atom. The number of benzene rings is 1. The minimum atomic E-state index is -3.48. The maximum Gasteiger partial charge on any atom is 0.247 e. The second-order valence-electron chi connectivity index (χ2n) is 4.49. The van der Waals surface area contributed by atoms with Gasteiger partial charge >= 0.3 is 0 Å². The predicted octanol–water partition coefficient (Wildman–Crippen LogP) is 1.04. The first-order valence-corrected chi connectivity index (χ1v) is 7.76. The number of β-lactam (4-membered cyclic amide) rings is 1. The van der Waals surface area contributed by atoms with Crippen LogP contribution in [0.1, 0.15) is 6.42 Å². The molecule has 1 aromatic rings. The zero-order chi connectivity index (χ0) is 14.8. The molecule has 0 bridgehead atoms. The van der Waals surface area contributed by atoms with Crippen LogP contribution in [0.3, 0.4) is 0 Å². The molecule has 1 aliphatic rings. The Morgan fingerprint density at radius 2 is 2.05 bits per heavy atom. The Labute approximate surface area is 117 Å². The molecule has 1 aliphatic heterocycles. The molecule has 0 aliphatic carbocycles. The summed E-state index contributed by atoms with van der Waals surface area (Å²) in [5.74, 6) is -0.807. The highest BCUT2D eigenvalue weighted by Gasteiger charge is 2.39. The molecule has 1 heterocycles. The SMILES string of the molecule is C=CCCS(=O)(=O)N[C@@H]1CN(c2ccc(F)cc2)C1=O. The van der Waals surface area contributed by atoms with Crippen molar-refractivity contribution in [2.24, 2.45) is 0 Å². The maximum absolute atomic E-state index is 12.8. The molecular weight excluding hydrogens is 283 g/mol. The molecule has 20 heavy (non-hydrogen) atoms. The van der Waals surface area contributed by atoms with Crippen LogP contribution in [0.2, 0.25) is 0 Å². The summed E-state index contributed by atoms with van der Waals surface area (Å²) in [5.41, 5.74) is 0.554. The molecule has 7 heteroatoms. The summed E-state index contributed by atoms with van der Waals surface area (Å²) in [6.45, 7) is 3.70. The number of allylic oxidation sites excluding steroid dienone is 1. The molecule has 2 rings (SSSR count). The molecule has 0 radical (unpaired) electrons. The molecule has 5 nitrogen and oxygen atoms in total. The summed E-state index contributed by atoms with van der Waals surface area (Å²) < 4.78 is 38.4. The van der Waals surface area contributed by atoms with Gasteiger partial charge in [0.25, 0.3) is 0 Å². The molecule has 1 atom stereocenters. The lowest BCUT2D eigenvalue weighted by atomic mass is 10.1. The summed E-state index contributed by atoms with van der Waals surface area (Å²) >= 11 is 0. The molecule has 1 N–H and O–H groups in total. The number of amides is 1. The van der Waals surface area contributed by atoms with E-state index in [1.165, 1.54) is 35.2 Å².